The van der Waals surface area contributed by atoms with Crippen LogP contribution in [-0.4, -0.2) is 21.4 Å². The highest BCUT2D eigenvalue weighted by Crippen LogP contribution is 2.32. The lowest BCUT2D eigenvalue weighted by atomic mass is 10.3. The van der Waals surface area contributed by atoms with Gasteiger partial charge in [-0.25, -0.2) is 4.98 Å². The number of hydrogen-bond acceptors (Lipinski definition) is 3. The molecule has 0 atom stereocenters. The molecule has 0 unspecified atom stereocenters. The van der Waals surface area contributed by atoms with Crippen molar-refractivity contribution in [1.82, 2.24) is 9.97 Å². The molecular weight excluding hydrogens is 156 g/mol. The smallest absolute Gasteiger partial charge is 0.246 e. The lowest BCUT2D eigenvalue weighted by molar-refractivity contribution is -0.118. The third-order valence-electron chi connectivity index (χ3n) is 1.97. The lowest BCUT2D eigenvalue weighted by Gasteiger charge is -2.06. The minimum Gasteiger partial charge on any atom is -0.331 e. The summed E-state index contributed by atoms with van der Waals surface area (Å²) < 4.78 is 0. The van der Waals surface area contributed by atoms with Crippen LogP contribution in [0.25, 0.3) is 0 Å². The van der Waals surface area contributed by atoms with Gasteiger partial charge in [-0.15, -0.1) is 0 Å². The van der Waals surface area contributed by atoms with Crippen molar-refractivity contribution in [1.29, 1.82) is 0 Å². The van der Waals surface area contributed by atoms with E-state index in [4.69, 9.17) is 5.73 Å². The predicted octanol–water partition coefficient (Wildman–Crippen LogP) is -0.161. The summed E-state index contributed by atoms with van der Waals surface area (Å²) in [6, 6.07) is 0. The molecule has 1 aromatic rings. The van der Waals surface area contributed by atoms with E-state index < -0.39 is 5.54 Å². The Kier molecular flexibility index (Phi) is 1.41. The third kappa shape index (κ3) is 1.18. The second-order valence-electron chi connectivity index (χ2n) is 3.05. The van der Waals surface area contributed by atoms with E-state index in [9.17, 15) is 4.79 Å². The fourth-order valence-corrected chi connectivity index (χ4v) is 0.927. The molecule has 12 heavy (non-hydrogen) atoms. The van der Waals surface area contributed by atoms with Gasteiger partial charge in [0.05, 0.1) is 5.54 Å². The van der Waals surface area contributed by atoms with E-state index in [1.807, 2.05) is 0 Å². The van der Waals surface area contributed by atoms with Crippen LogP contribution in [-0.2, 0) is 4.79 Å². The third-order valence-corrected chi connectivity index (χ3v) is 1.97. The van der Waals surface area contributed by atoms with Crippen LogP contribution < -0.4 is 11.1 Å². The summed E-state index contributed by atoms with van der Waals surface area (Å²) in [5, 5.41) is 2.59. The van der Waals surface area contributed by atoms with Gasteiger partial charge >= 0.3 is 0 Å². The topological polar surface area (TPSA) is 83.8 Å². The minimum atomic E-state index is -0.632. The van der Waals surface area contributed by atoms with Crippen LogP contribution in [0, 0.1) is 0 Å². The fourth-order valence-electron chi connectivity index (χ4n) is 0.927. The first-order valence-electron chi connectivity index (χ1n) is 3.80. The zero-order valence-corrected chi connectivity index (χ0v) is 6.50. The SMILES string of the molecule is NC1(C(=O)Nc2ncc[nH]2)CC1. The van der Waals surface area contributed by atoms with Crippen molar-refractivity contribution in [2.45, 2.75) is 18.4 Å². The van der Waals surface area contributed by atoms with Crippen LogP contribution in [0.2, 0.25) is 0 Å². The Morgan fingerprint density at radius 3 is 3.00 bits per heavy atom. The van der Waals surface area contributed by atoms with Crippen molar-refractivity contribution in [2.75, 3.05) is 5.32 Å². The van der Waals surface area contributed by atoms with Crippen molar-refractivity contribution in [2.24, 2.45) is 5.73 Å². The maximum absolute atomic E-state index is 11.3. The highest BCUT2D eigenvalue weighted by molar-refractivity contribution is 5.98. The molecule has 64 valence electrons. The first-order chi connectivity index (χ1) is 5.71. The molecule has 1 fully saturated rings. The van der Waals surface area contributed by atoms with Gasteiger partial charge in [0.2, 0.25) is 11.9 Å². The summed E-state index contributed by atoms with van der Waals surface area (Å²) in [4.78, 5) is 17.9. The van der Waals surface area contributed by atoms with Gasteiger partial charge in [-0.3, -0.25) is 10.1 Å². The highest BCUT2D eigenvalue weighted by atomic mass is 16.2. The quantitative estimate of drug-likeness (QED) is 0.570. The van der Waals surface area contributed by atoms with E-state index in [0.29, 0.717) is 5.95 Å². The Balaban J connectivity index is 2.00. The van der Waals surface area contributed by atoms with Crippen molar-refractivity contribution < 1.29 is 4.79 Å². The molecule has 2 rings (SSSR count). The van der Waals surface area contributed by atoms with Gasteiger partial charge in [0.25, 0.3) is 0 Å². The number of carbonyl (C=O) groups is 1. The van der Waals surface area contributed by atoms with Gasteiger partial charge in [0, 0.05) is 12.4 Å². The number of nitrogens with two attached hydrogens (primary N) is 1. The summed E-state index contributed by atoms with van der Waals surface area (Å²) in [7, 11) is 0. The number of aromatic nitrogens is 2. The standard InChI is InChI=1S/C7H10N4O/c8-7(1-2-7)5(12)11-6-9-3-4-10-6/h3-4H,1-2,8H2,(H2,9,10,11,12). The fraction of sp³-hybridized carbons (Fsp3) is 0.429. The molecule has 0 spiro atoms. The van der Waals surface area contributed by atoms with E-state index in [1.165, 1.54) is 0 Å². The highest BCUT2D eigenvalue weighted by Gasteiger charge is 2.46. The molecule has 0 saturated heterocycles. The molecule has 4 N–H and O–H groups in total. The molecule has 1 heterocycles. The number of H-pyrrole nitrogens is 1. The number of nitrogens with zero attached hydrogens (tertiary/aromatic N) is 1. The van der Waals surface area contributed by atoms with E-state index in [0.717, 1.165) is 12.8 Å². The number of amides is 1. The lowest BCUT2D eigenvalue weighted by Crippen LogP contribution is -2.38. The summed E-state index contributed by atoms with van der Waals surface area (Å²) in [6.45, 7) is 0. The Morgan fingerprint density at radius 2 is 2.50 bits per heavy atom. The van der Waals surface area contributed by atoms with E-state index in [-0.39, 0.29) is 5.91 Å². The monoisotopic (exact) mass is 166 g/mol. The first kappa shape index (κ1) is 7.30. The maximum atomic E-state index is 11.3. The van der Waals surface area contributed by atoms with Crippen LogP contribution in [0.4, 0.5) is 5.95 Å². The second kappa shape index (κ2) is 2.31. The van der Waals surface area contributed by atoms with Gasteiger partial charge < -0.3 is 10.7 Å². The number of nitrogens with one attached hydrogen (secondary N) is 2. The molecule has 1 amide bonds. The summed E-state index contributed by atoms with van der Waals surface area (Å²) >= 11 is 0. The van der Waals surface area contributed by atoms with Crippen molar-refractivity contribution >= 4 is 11.9 Å². The van der Waals surface area contributed by atoms with Gasteiger partial charge in [0.15, 0.2) is 0 Å². The average molecular weight is 166 g/mol. The number of hydrogen-bond donors (Lipinski definition) is 3. The Labute approximate surface area is 69.4 Å². The second-order valence-corrected chi connectivity index (χ2v) is 3.05. The van der Waals surface area contributed by atoms with E-state index in [2.05, 4.69) is 15.3 Å². The molecule has 0 radical (unpaired) electrons. The number of rotatable bonds is 2. The molecule has 1 aromatic heterocycles. The number of carbonyl (C=O) groups excluding carboxylic acids is 1. The van der Waals surface area contributed by atoms with Crippen LogP contribution in [0.3, 0.4) is 0 Å². The largest absolute Gasteiger partial charge is 0.331 e. The van der Waals surface area contributed by atoms with Crippen molar-refractivity contribution in [3.63, 3.8) is 0 Å². The Bertz CT molecular complexity index is 288. The maximum Gasteiger partial charge on any atom is 0.246 e. The molecule has 1 saturated carbocycles. The van der Waals surface area contributed by atoms with E-state index >= 15 is 0 Å². The van der Waals surface area contributed by atoms with E-state index in [1.54, 1.807) is 12.4 Å². The normalized spacial score (nSPS) is 18.8. The molecular formula is C7H10N4O. The van der Waals surface area contributed by atoms with Crippen molar-refractivity contribution in [3.05, 3.63) is 12.4 Å². The van der Waals surface area contributed by atoms with Crippen LogP contribution in [0.15, 0.2) is 12.4 Å². The molecule has 5 nitrogen and oxygen atoms in total. The minimum absolute atomic E-state index is 0.155. The van der Waals surface area contributed by atoms with Crippen LogP contribution >= 0.6 is 0 Å². The van der Waals surface area contributed by atoms with Gasteiger partial charge in [-0.2, -0.15) is 0 Å². The Morgan fingerprint density at radius 1 is 1.75 bits per heavy atom. The Hall–Kier alpha value is -1.36. The average Bonchev–Trinajstić information content (AvgIpc) is 2.63. The number of anilines is 1. The van der Waals surface area contributed by atoms with Gasteiger partial charge in [0.1, 0.15) is 0 Å². The zero-order valence-electron chi connectivity index (χ0n) is 6.50. The molecule has 5 heteroatoms. The van der Waals surface area contributed by atoms with Gasteiger partial charge in [-0.1, -0.05) is 0 Å². The summed E-state index contributed by atoms with van der Waals surface area (Å²) in [6.07, 6.45) is 4.75. The molecule has 0 aromatic carbocycles. The number of imidazole rings is 1. The summed E-state index contributed by atoms with van der Waals surface area (Å²) in [5.74, 6) is 0.300. The molecule has 1 aliphatic carbocycles. The summed E-state index contributed by atoms with van der Waals surface area (Å²) in [5.41, 5.74) is 5.02. The van der Waals surface area contributed by atoms with Crippen LogP contribution in [0.1, 0.15) is 12.8 Å². The zero-order chi connectivity index (χ0) is 8.60. The first-order valence-corrected chi connectivity index (χ1v) is 3.80. The molecule has 0 bridgehead atoms. The number of aromatic amines is 1. The molecule has 0 aliphatic heterocycles. The predicted molar refractivity (Wildman–Crippen MR) is 43.4 cm³/mol. The van der Waals surface area contributed by atoms with Crippen molar-refractivity contribution in [3.8, 4) is 0 Å². The van der Waals surface area contributed by atoms with Gasteiger partial charge in [-0.05, 0) is 12.8 Å². The van der Waals surface area contributed by atoms with Crippen LogP contribution in [0.5, 0.6) is 0 Å². The molecule has 1 aliphatic rings.